The lowest BCUT2D eigenvalue weighted by molar-refractivity contribution is -0.120. The predicted octanol–water partition coefficient (Wildman–Crippen LogP) is 0.723. The molecule has 1 saturated carbocycles. The molecule has 0 saturated heterocycles. The summed E-state index contributed by atoms with van der Waals surface area (Å²) >= 11 is 0. The Hall–Kier alpha value is -1.36. The third-order valence-corrected chi connectivity index (χ3v) is 3.06. The molecule has 1 aromatic heterocycles. The molecule has 1 aromatic rings. The Morgan fingerprint density at radius 2 is 2.53 bits per heavy atom. The molecule has 5 nitrogen and oxygen atoms in total. The van der Waals surface area contributed by atoms with E-state index in [1.807, 2.05) is 0 Å². The molecule has 0 aliphatic heterocycles. The number of nitrogens with two attached hydrogens (primary N) is 1. The number of nitrogens with zero attached hydrogens (tertiary/aromatic N) is 1. The summed E-state index contributed by atoms with van der Waals surface area (Å²) in [5, 5.41) is 9.30. The van der Waals surface area contributed by atoms with Gasteiger partial charge in [-0.2, -0.15) is 5.10 Å². The fourth-order valence-corrected chi connectivity index (χ4v) is 2.22. The second-order valence-corrected chi connectivity index (χ2v) is 3.99. The molecule has 15 heavy (non-hydrogen) atoms. The van der Waals surface area contributed by atoms with Crippen molar-refractivity contribution < 1.29 is 4.79 Å². The van der Waals surface area contributed by atoms with Gasteiger partial charge in [0.15, 0.2) is 0 Å². The number of H-pyrrole nitrogens is 1. The molecule has 2 atom stereocenters. The fraction of sp³-hybridized carbons (Fsp3) is 0.600. The highest BCUT2D eigenvalue weighted by Crippen LogP contribution is 2.31. The van der Waals surface area contributed by atoms with Gasteiger partial charge >= 0.3 is 0 Å². The highest BCUT2D eigenvalue weighted by Gasteiger charge is 2.31. The summed E-state index contributed by atoms with van der Waals surface area (Å²) in [5.74, 6) is 1.13. The van der Waals surface area contributed by atoms with E-state index < -0.39 is 0 Å². The van der Waals surface area contributed by atoms with Crippen molar-refractivity contribution in [2.75, 3.05) is 11.9 Å². The van der Waals surface area contributed by atoms with E-state index in [-0.39, 0.29) is 11.8 Å². The summed E-state index contributed by atoms with van der Waals surface area (Å²) in [6.07, 6.45) is 4.73. The van der Waals surface area contributed by atoms with E-state index in [0.717, 1.165) is 19.3 Å². The molecule has 0 spiro atoms. The monoisotopic (exact) mass is 208 g/mol. The van der Waals surface area contributed by atoms with Gasteiger partial charge in [-0.15, -0.1) is 0 Å². The molecule has 0 aromatic carbocycles. The lowest BCUT2D eigenvalue weighted by Crippen LogP contribution is -2.29. The lowest BCUT2D eigenvalue weighted by Gasteiger charge is -2.16. The van der Waals surface area contributed by atoms with E-state index in [1.165, 1.54) is 0 Å². The number of hydrogen-bond donors (Lipinski definition) is 3. The van der Waals surface area contributed by atoms with Crippen LogP contribution in [0.4, 0.5) is 5.82 Å². The van der Waals surface area contributed by atoms with Crippen molar-refractivity contribution >= 4 is 11.7 Å². The van der Waals surface area contributed by atoms with E-state index >= 15 is 0 Å². The molecular weight excluding hydrogens is 192 g/mol. The standard InChI is InChI=1S/C10H16N4O/c11-6-7-2-1-3-8(7)10(15)13-9-4-5-12-14-9/h4-5,7-8H,1-3,6,11H2,(H2,12,13,14,15). The Morgan fingerprint density at radius 3 is 3.20 bits per heavy atom. The molecule has 1 heterocycles. The van der Waals surface area contributed by atoms with Crippen molar-refractivity contribution in [2.24, 2.45) is 17.6 Å². The summed E-state index contributed by atoms with van der Waals surface area (Å²) in [7, 11) is 0. The van der Waals surface area contributed by atoms with Crippen LogP contribution in [0.2, 0.25) is 0 Å². The highest BCUT2D eigenvalue weighted by molar-refractivity contribution is 5.92. The molecule has 2 rings (SSSR count). The molecule has 1 aliphatic carbocycles. The van der Waals surface area contributed by atoms with E-state index in [1.54, 1.807) is 12.3 Å². The van der Waals surface area contributed by atoms with Gasteiger partial charge in [-0.1, -0.05) is 6.42 Å². The number of carbonyl (C=O) groups excluding carboxylic acids is 1. The number of rotatable bonds is 3. The Kier molecular flexibility index (Phi) is 3.01. The largest absolute Gasteiger partial charge is 0.330 e. The predicted molar refractivity (Wildman–Crippen MR) is 57.1 cm³/mol. The van der Waals surface area contributed by atoms with Crippen molar-refractivity contribution in [3.8, 4) is 0 Å². The van der Waals surface area contributed by atoms with Gasteiger partial charge in [0.1, 0.15) is 5.82 Å². The number of aromatic amines is 1. The summed E-state index contributed by atoms with van der Waals surface area (Å²) in [6, 6.07) is 1.74. The minimum atomic E-state index is 0.0622. The van der Waals surface area contributed by atoms with Crippen LogP contribution in [0.1, 0.15) is 19.3 Å². The first-order chi connectivity index (χ1) is 7.31. The van der Waals surface area contributed by atoms with Crippen molar-refractivity contribution in [3.05, 3.63) is 12.3 Å². The minimum absolute atomic E-state index is 0.0622. The van der Waals surface area contributed by atoms with Crippen molar-refractivity contribution in [1.29, 1.82) is 0 Å². The molecule has 4 N–H and O–H groups in total. The third kappa shape index (κ3) is 2.18. The molecule has 2 unspecified atom stereocenters. The van der Waals surface area contributed by atoms with E-state index in [2.05, 4.69) is 15.5 Å². The van der Waals surface area contributed by atoms with Crippen LogP contribution in [-0.2, 0) is 4.79 Å². The summed E-state index contributed by atoms with van der Waals surface area (Å²) in [4.78, 5) is 11.9. The average Bonchev–Trinajstić information content (AvgIpc) is 2.86. The highest BCUT2D eigenvalue weighted by atomic mass is 16.2. The quantitative estimate of drug-likeness (QED) is 0.684. The molecule has 0 bridgehead atoms. The normalized spacial score (nSPS) is 25.4. The average molecular weight is 208 g/mol. The zero-order valence-electron chi connectivity index (χ0n) is 8.57. The number of carbonyl (C=O) groups is 1. The zero-order valence-corrected chi connectivity index (χ0v) is 8.57. The number of hydrogen-bond acceptors (Lipinski definition) is 3. The molecule has 1 fully saturated rings. The van der Waals surface area contributed by atoms with Gasteiger partial charge in [0.2, 0.25) is 5.91 Å². The summed E-state index contributed by atoms with van der Waals surface area (Å²) < 4.78 is 0. The number of amides is 1. The Bertz CT molecular complexity index is 322. The second-order valence-electron chi connectivity index (χ2n) is 3.99. The van der Waals surface area contributed by atoms with E-state index in [9.17, 15) is 4.79 Å². The Balaban J connectivity index is 1.96. The lowest BCUT2D eigenvalue weighted by atomic mass is 9.95. The van der Waals surface area contributed by atoms with E-state index in [4.69, 9.17) is 5.73 Å². The van der Waals surface area contributed by atoms with E-state index in [0.29, 0.717) is 18.3 Å². The third-order valence-electron chi connectivity index (χ3n) is 3.06. The van der Waals surface area contributed by atoms with Crippen LogP contribution in [0, 0.1) is 11.8 Å². The Labute approximate surface area is 88.4 Å². The van der Waals surface area contributed by atoms with Crippen LogP contribution >= 0.6 is 0 Å². The van der Waals surface area contributed by atoms with Gasteiger partial charge in [-0.25, -0.2) is 0 Å². The molecular formula is C10H16N4O. The van der Waals surface area contributed by atoms with Gasteiger partial charge in [-0.05, 0) is 25.3 Å². The van der Waals surface area contributed by atoms with Crippen LogP contribution in [-0.4, -0.2) is 22.6 Å². The maximum atomic E-state index is 11.9. The van der Waals surface area contributed by atoms with Crippen molar-refractivity contribution in [3.63, 3.8) is 0 Å². The Morgan fingerprint density at radius 1 is 1.67 bits per heavy atom. The minimum Gasteiger partial charge on any atom is -0.330 e. The number of nitrogens with one attached hydrogen (secondary N) is 2. The van der Waals surface area contributed by atoms with Crippen LogP contribution < -0.4 is 11.1 Å². The van der Waals surface area contributed by atoms with Crippen LogP contribution in [0.5, 0.6) is 0 Å². The molecule has 5 heteroatoms. The molecule has 1 aliphatic rings. The van der Waals surface area contributed by atoms with Crippen molar-refractivity contribution in [1.82, 2.24) is 10.2 Å². The van der Waals surface area contributed by atoms with Crippen LogP contribution in [0.15, 0.2) is 12.3 Å². The van der Waals surface area contributed by atoms with Crippen LogP contribution in [0.25, 0.3) is 0 Å². The van der Waals surface area contributed by atoms with Gasteiger partial charge in [0.25, 0.3) is 0 Å². The van der Waals surface area contributed by atoms with Gasteiger partial charge in [-0.3, -0.25) is 9.89 Å². The van der Waals surface area contributed by atoms with Gasteiger partial charge < -0.3 is 11.1 Å². The SMILES string of the molecule is NCC1CCCC1C(=O)Nc1ccn[nH]1. The van der Waals surface area contributed by atoms with Crippen LogP contribution in [0.3, 0.4) is 0 Å². The first-order valence-corrected chi connectivity index (χ1v) is 5.31. The maximum absolute atomic E-state index is 11.9. The summed E-state index contributed by atoms with van der Waals surface area (Å²) in [6.45, 7) is 0.598. The molecule has 0 radical (unpaired) electrons. The second kappa shape index (κ2) is 4.44. The smallest absolute Gasteiger partial charge is 0.228 e. The topological polar surface area (TPSA) is 83.8 Å². The van der Waals surface area contributed by atoms with Gasteiger partial charge in [0.05, 0.1) is 6.20 Å². The first-order valence-electron chi connectivity index (χ1n) is 5.31. The summed E-state index contributed by atoms with van der Waals surface area (Å²) in [5.41, 5.74) is 5.64. The fourth-order valence-electron chi connectivity index (χ4n) is 2.22. The van der Waals surface area contributed by atoms with Gasteiger partial charge in [0, 0.05) is 12.0 Å². The number of aromatic nitrogens is 2. The molecule has 1 amide bonds. The molecule has 82 valence electrons. The van der Waals surface area contributed by atoms with Crippen molar-refractivity contribution in [2.45, 2.75) is 19.3 Å². The number of anilines is 1. The first kappa shape index (κ1) is 10.2. The zero-order chi connectivity index (χ0) is 10.7. The maximum Gasteiger partial charge on any atom is 0.228 e.